The van der Waals surface area contributed by atoms with E-state index in [4.69, 9.17) is 0 Å². The first kappa shape index (κ1) is 15.1. The van der Waals surface area contributed by atoms with Crippen LogP contribution in [-0.4, -0.2) is 29.1 Å². The van der Waals surface area contributed by atoms with Crippen molar-refractivity contribution in [1.29, 1.82) is 0 Å². The summed E-state index contributed by atoms with van der Waals surface area (Å²) >= 11 is 0. The van der Waals surface area contributed by atoms with Crippen LogP contribution in [0.15, 0.2) is 24.3 Å². The zero-order valence-electron chi connectivity index (χ0n) is 13.7. The third-order valence-electron chi connectivity index (χ3n) is 4.82. The van der Waals surface area contributed by atoms with Crippen molar-refractivity contribution in [2.24, 2.45) is 5.92 Å². The van der Waals surface area contributed by atoms with Gasteiger partial charge in [0, 0.05) is 19.1 Å². The molecule has 0 aromatic heterocycles. The van der Waals surface area contributed by atoms with Crippen LogP contribution in [0.25, 0.3) is 0 Å². The summed E-state index contributed by atoms with van der Waals surface area (Å²) < 4.78 is 0. The Bertz CT molecular complexity index is 465. The van der Waals surface area contributed by atoms with E-state index in [9.17, 15) is 5.11 Å². The van der Waals surface area contributed by atoms with Crippen LogP contribution in [0.1, 0.15) is 63.7 Å². The third-order valence-corrected chi connectivity index (χ3v) is 4.82. The topological polar surface area (TPSA) is 23.5 Å². The third kappa shape index (κ3) is 4.08. The quantitative estimate of drug-likeness (QED) is 0.858. The molecule has 116 valence electrons. The lowest BCUT2D eigenvalue weighted by Gasteiger charge is -2.25. The molecule has 21 heavy (non-hydrogen) atoms. The van der Waals surface area contributed by atoms with Crippen molar-refractivity contribution in [3.05, 3.63) is 35.4 Å². The smallest absolute Gasteiger partial charge is 0.0917 e. The Morgan fingerprint density at radius 1 is 1.10 bits per heavy atom. The van der Waals surface area contributed by atoms with Crippen LogP contribution in [-0.2, 0) is 5.41 Å². The van der Waals surface area contributed by atoms with Crippen molar-refractivity contribution in [1.82, 2.24) is 4.90 Å². The SMILES string of the molecule is CC(C)(C)c1ccc(C(O)CN(CC2CC2)C2CC2)cc1. The maximum Gasteiger partial charge on any atom is 0.0917 e. The molecule has 2 heteroatoms. The maximum atomic E-state index is 10.6. The Morgan fingerprint density at radius 3 is 2.19 bits per heavy atom. The molecule has 1 aromatic carbocycles. The van der Waals surface area contributed by atoms with Gasteiger partial charge >= 0.3 is 0 Å². The Hall–Kier alpha value is -0.860. The normalized spacial score (nSPS) is 20.8. The highest BCUT2D eigenvalue weighted by molar-refractivity contribution is 5.28. The number of aliphatic hydroxyl groups is 1. The van der Waals surface area contributed by atoms with Crippen LogP contribution >= 0.6 is 0 Å². The van der Waals surface area contributed by atoms with Gasteiger partial charge < -0.3 is 5.11 Å². The van der Waals surface area contributed by atoms with E-state index >= 15 is 0 Å². The second kappa shape index (κ2) is 5.73. The molecule has 0 radical (unpaired) electrons. The van der Waals surface area contributed by atoms with Crippen LogP contribution < -0.4 is 0 Å². The van der Waals surface area contributed by atoms with Gasteiger partial charge in [0.15, 0.2) is 0 Å². The molecule has 0 spiro atoms. The lowest BCUT2D eigenvalue weighted by molar-refractivity contribution is 0.106. The first-order valence-electron chi connectivity index (χ1n) is 8.46. The van der Waals surface area contributed by atoms with Crippen LogP contribution in [0.3, 0.4) is 0 Å². The van der Waals surface area contributed by atoms with Gasteiger partial charge in [-0.3, -0.25) is 4.90 Å². The molecule has 2 nitrogen and oxygen atoms in total. The molecule has 0 aliphatic heterocycles. The Labute approximate surface area is 129 Å². The van der Waals surface area contributed by atoms with E-state index in [0.29, 0.717) is 0 Å². The summed E-state index contributed by atoms with van der Waals surface area (Å²) in [6, 6.07) is 9.29. The zero-order chi connectivity index (χ0) is 15.0. The van der Waals surface area contributed by atoms with Gasteiger partial charge in [-0.1, -0.05) is 45.0 Å². The van der Waals surface area contributed by atoms with E-state index in [-0.39, 0.29) is 11.5 Å². The molecule has 1 unspecified atom stereocenters. The van der Waals surface area contributed by atoms with Gasteiger partial charge in [-0.05, 0) is 48.1 Å². The maximum absolute atomic E-state index is 10.6. The molecular weight excluding hydrogens is 258 g/mol. The van der Waals surface area contributed by atoms with Crippen LogP contribution in [0.5, 0.6) is 0 Å². The summed E-state index contributed by atoms with van der Waals surface area (Å²) in [6.45, 7) is 8.67. The summed E-state index contributed by atoms with van der Waals surface area (Å²) in [5.41, 5.74) is 2.56. The van der Waals surface area contributed by atoms with Crippen LogP contribution in [0, 0.1) is 5.92 Å². The van der Waals surface area contributed by atoms with Gasteiger partial charge in [-0.25, -0.2) is 0 Å². The standard InChI is InChI=1S/C19H29NO/c1-19(2,3)16-8-6-15(7-9-16)18(21)13-20(17-10-11-17)12-14-4-5-14/h6-9,14,17-18,21H,4-5,10-13H2,1-3H3. The highest BCUT2D eigenvalue weighted by Crippen LogP contribution is 2.36. The van der Waals surface area contributed by atoms with Crippen molar-refractivity contribution in [2.75, 3.05) is 13.1 Å². The molecule has 1 aromatic rings. The van der Waals surface area contributed by atoms with Gasteiger partial charge in [0.05, 0.1) is 6.10 Å². The van der Waals surface area contributed by atoms with Gasteiger partial charge in [0.25, 0.3) is 0 Å². The molecule has 0 bridgehead atoms. The highest BCUT2D eigenvalue weighted by Gasteiger charge is 2.34. The van der Waals surface area contributed by atoms with E-state index in [0.717, 1.165) is 24.1 Å². The van der Waals surface area contributed by atoms with Crippen LogP contribution in [0.2, 0.25) is 0 Å². The van der Waals surface area contributed by atoms with Gasteiger partial charge in [0.1, 0.15) is 0 Å². The Kier molecular flexibility index (Phi) is 4.11. The highest BCUT2D eigenvalue weighted by atomic mass is 16.3. The van der Waals surface area contributed by atoms with Gasteiger partial charge in [-0.15, -0.1) is 0 Å². The molecule has 3 rings (SSSR count). The minimum Gasteiger partial charge on any atom is -0.387 e. The molecule has 2 fully saturated rings. The average molecular weight is 287 g/mol. The minimum atomic E-state index is -0.349. The number of hydrogen-bond donors (Lipinski definition) is 1. The largest absolute Gasteiger partial charge is 0.387 e. The monoisotopic (exact) mass is 287 g/mol. The summed E-state index contributed by atoms with van der Waals surface area (Å²) in [7, 11) is 0. The van der Waals surface area contributed by atoms with Crippen molar-refractivity contribution in [3.63, 3.8) is 0 Å². The Balaban J connectivity index is 1.62. The van der Waals surface area contributed by atoms with E-state index in [1.807, 2.05) is 0 Å². The zero-order valence-corrected chi connectivity index (χ0v) is 13.7. The molecule has 2 aliphatic rings. The fraction of sp³-hybridized carbons (Fsp3) is 0.684. The van der Waals surface area contributed by atoms with E-state index in [1.54, 1.807) is 0 Å². The molecule has 0 heterocycles. The van der Waals surface area contributed by atoms with Gasteiger partial charge in [-0.2, -0.15) is 0 Å². The second-order valence-corrected chi connectivity index (χ2v) is 8.02. The fourth-order valence-corrected chi connectivity index (χ4v) is 2.98. The molecule has 0 amide bonds. The number of aliphatic hydroxyl groups excluding tert-OH is 1. The van der Waals surface area contributed by atoms with Crippen LogP contribution in [0.4, 0.5) is 0 Å². The van der Waals surface area contributed by atoms with E-state index < -0.39 is 0 Å². The molecule has 0 saturated heterocycles. The second-order valence-electron chi connectivity index (χ2n) is 8.02. The number of benzene rings is 1. The first-order chi connectivity index (χ1) is 9.93. The van der Waals surface area contributed by atoms with E-state index in [2.05, 4.69) is 49.9 Å². The van der Waals surface area contributed by atoms with Gasteiger partial charge in [0.2, 0.25) is 0 Å². The molecular formula is C19H29NO. The lowest BCUT2D eigenvalue weighted by atomic mass is 9.86. The number of rotatable bonds is 6. The summed E-state index contributed by atoms with van der Waals surface area (Å²) in [5, 5.41) is 10.6. The molecule has 1 atom stereocenters. The summed E-state index contributed by atoms with van der Waals surface area (Å²) in [6.07, 6.45) is 5.07. The number of hydrogen-bond acceptors (Lipinski definition) is 2. The predicted molar refractivity (Wildman–Crippen MR) is 87.4 cm³/mol. The average Bonchev–Trinajstić information content (AvgIpc) is 3.29. The molecule has 2 aliphatic carbocycles. The van der Waals surface area contributed by atoms with Crippen molar-refractivity contribution in [3.8, 4) is 0 Å². The van der Waals surface area contributed by atoms with E-state index in [1.165, 1.54) is 37.8 Å². The lowest BCUT2D eigenvalue weighted by Crippen LogP contribution is -2.32. The molecule has 1 N–H and O–H groups in total. The summed E-state index contributed by atoms with van der Waals surface area (Å²) in [5.74, 6) is 0.904. The van der Waals surface area contributed by atoms with Crippen molar-refractivity contribution in [2.45, 2.75) is 64.0 Å². The van der Waals surface area contributed by atoms with Crippen molar-refractivity contribution < 1.29 is 5.11 Å². The number of nitrogens with zero attached hydrogens (tertiary/aromatic N) is 1. The van der Waals surface area contributed by atoms with Crippen molar-refractivity contribution >= 4 is 0 Å². The predicted octanol–water partition coefficient (Wildman–Crippen LogP) is 3.89. The Morgan fingerprint density at radius 2 is 1.71 bits per heavy atom. The minimum absolute atomic E-state index is 0.176. The molecule has 2 saturated carbocycles. The fourth-order valence-electron chi connectivity index (χ4n) is 2.98. The summed E-state index contributed by atoms with van der Waals surface area (Å²) in [4.78, 5) is 2.53. The first-order valence-corrected chi connectivity index (χ1v) is 8.46.